The maximum atomic E-state index is 9.64. The summed E-state index contributed by atoms with van der Waals surface area (Å²) < 4.78 is 5.09. The third-order valence-corrected chi connectivity index (χ3v) is 3.51. The van der Waals surface area contributed by atoms with Gasteiger partial charge in [-0.05, 0) is 35.9 Å². The fraction of sp³-hybridized carbons (Fsp3) is 0.0526. The number of allylic oxidation sites excluding steroid dienone is 1. The van der Waals surface area contributed by atoms with Crippen LogP contribution in [0.3, 0.4) is 0 Å². The highest BCUT2D eigenvalue weighted by atomic mass is 16.5. The summed E-state index contributed by atoms with van der Waals surface area (Å²) in [5.74, 6) is 0.425. The van der Waals surface area contributed by atoms with Crippen LogP contribution in [0.2, 0.25) is 0 Å². The maximum Gasteiger partial charge on any atom is 0.161 e. The van der Waals surface area contributed by atoms with Crippen LogP contribution in [0.4, 0.5) is 0 Å². The zero-order valence-corrected chi connectivity index (χ0v) is 12.5. The van der Waals surface area contributed by atoms with Gasteiger partial charge in [-0.25, -0.2) is 4.98 Å². The molecule has 0 amide bonds. The fourth-order valence-corrected chi connectivity index (χ4v) is 2.33. The molecule has 0 fully saturated rings. The first-order valence-electron chi connectivity index (χ1n) is 7.06. The Hall–Kier alpha value is -3.32. The number of hydrogen-bond acceptors (Lipinski definition) is 4. The Morgan fingerprint density at radius 3 is 2.78 bits per heavy atom. The Bertz CT molecular complexity index is 939. The molecule has 0 atom stereocenters. The Morgan fingerprint density at radius 2 is 2.00 bits per heavy atom. The molecule has 23 heavy (non-hydrogen) atoms. The maximum absolute atomic E-state index is 9.64. The highest BCUT2D eigenvalue weighted by molar-refractivity contribution is 5.91. The number of pyridine rings is 1. The van der Waals surface area contributed by atoms with E-state index in [1.165, 1.54) is 13.2 Å². The van der Waals surface area contributed by atoms with E-state index in [9.17, 15) is 10.4 Å². The molecule has 0 saturated heterocycles. The van der Waals surface area contributed by atoms with Crippen molar-refractivity contribution in [1.82, 2.24) is 4.98 Å². The molecule has 3 aromatic rings. The van der Waals surface area contributed by atoms with Crippen molar-refractivity contribution in [2.45, 2.75) is 0 Å². The minimum atomic E-state index is 0.0620. The van der Waals surface area contributed by atoms with E-state index in [1.54, 1.807) is 18.2 Å². The third-order valence-electron chi connectivity index (χ3n) is 3.51. The summed E-state index contributed by atoms with van der Waals surface area (Å²) in [6, 6.07) is 18.6. The average molecular weight is 302 g/mol. The number of para-hydroxylation sites is 1. The van der Waals surface area contributed by atoms with Gasteiger partial charge in [0.2, 0.25) is 0 Å². The van der Waals surface area contributed by atoms with Crippen LogP contribution < -0.4 is 4.74 Å². The lowest BCUT2D eigenvalue weighted by molar-refractivity contribution is 0.373. The average Bonchev–Trinajstić information content (AvgIpc) is 2.60. The van der Waals surface area contributed by atoms with Crippen LogP contribution in [-0.4, -0.2) is 17.2 Å². The van der Waals surface area contributed by atoms with Gasteiger partial charge in [-0.2, -0.15) is 5.26 Å². The molecule has 2 aromatic carbocycles. The Morgan fingerprint density at radius 1 is 1.17 bits per heavy atom. The van der Waals surface area contributed by atoms with Crippen LogP contribution >= 0.6 is 0 Å². The number of rotatable bonds is 3. The van der Waals surface area contributed by atoms with Gasteiger partial charge in [0.15, 0.2) is 11.5 Å². The molecule has 1 aromatic heterocycles. The standard InChI is InChI=1S/C19H14N2O2/c1-23-19-11-13(6-9-18(19)22)10-15(12-20)17-8-7-14-4-2-3-5-16(14)21-17/h2-11,22H,1H3. The number of fused-ring (bicyclic) bond motifs is 1. The van der Waals surface area contributed by atoms with Crippen molar-refractivity contribution >= 4 is 22.6 Å². The number of methoxy groups -OCH3 is 1. The van der Waals surface area contributed by atoms with Gasteiger partial charge >= 0.3 is 0 Å². The van der Waals surface area contributed by atoms with Crippen LogP contribution in [0.1, 0.15) is 11.3 Å². The topological polar surface area (TPSA) is 66.1 Å². The largest absolute Gasteiger partial charge is 0.504 e. The first-order valence-corrected chi connectivity index (χ1v) is 7.06. The molecule has 4 heteroatoms. The van der Waals surface area contributed by atoms with Gasteiger partial charge in [0.05, 0.1) is 23.9 Å². The number of aromatic hydroxyl groups is 1. The second kappa shape index (κ2) is 6.20. The predicted molar refractivity (Wildman–Crippen MR) is 89.9 cm³/mol. The second-order valence-electron chi connectivity index (χ2n) is 4.99. The summed E-state index contributed by atoms with van der Waals surface area (Å²) in [4.78, 5) is 4.53. The Kier molecular flexibility index (Phi) is 3.94. The lowest BCUT2D eigenvalue weighted by Crippen LogP contribution is -1.89. The predicted octanol–water partition coefficient (Wildman–Crippen LogP) is 4.01. The molecule has 0 unspecified atom stereocenters. The molecule has 1 heterocycles. The van der Waals surface area contributed by atoms with Gasteiger partial charge in [0.25, 0.3) is 0 Å². The molecule has 0 aliphatic carbocycles. The molecule has 112 valence electrons. The molecular formula is C19H14N2O2. The lowest BCUT2D eigenvalue weighted by Gasteiger charge is -2.05. The van der Waals surface area contributed by atoms with E-state index in [-0.39, 0.29) is 5.75 Å². The van der Waals surface area contributed by atoms with Gasteiger partial charge < -0.3 is 9.84 Å². The monoisotopic (exact) mass is 302 g/mol. The molecule has 3 rings (SSSR count). The van der Waals surface area contributed by atoms with Crippen molar-refractivity contribution in [3.05, 3.63) is 65.9 Å². The van der Waals surface area contributed by atoms with E-state index in [4.69, 9.17) is 4.74 Å². The minimum absolute atomic E-state index is 0.0620. The first kappa shape index (κ1) is 14.6. The summed E-state index contributed by atoms with van der Waals surface area (Å²) in [5.41, 5.74) is 2.65. The van der Waals surface area contributed by atoms with Crippen molar-refractivity contribution in [2.75, 3.05) is 7.11 Å². The molecular weight excluding hydrogens is 288 g/mol. The Balaban J connectivity index is 2.05. The number of nitriles is 1. The van der Waals surface area contributed by atoms with Gasteiger partial charge in [-0.3, -0.25) is 0 Å². The first-order chi connectivity index (χ1) is 11.2. The number of aromatic nitrogens is 1. The SMILES string of the molecule is COc1cc(C=C(C#N)c2ccc3ccccc3n2)ccc1O. The van der Waals surface area contributed by atoms with Crippen molar-refractivity contribution in [2.24, 2.45) is 0 Å². The highest BCUT2D eigenvalue weighted by Crippen LogP contribution is 2.28. The smallest absolute Gasteiger partial charge is 0.161 e. The highest BCUT2D eigenvalue weighted by Gasteiger charge is 2.06. The molecule has 0 aliphatic rings. The summed E-state index contributed by atoms with van der Waals surface area (Å²) in [7, 11) is 1.48. The van der Waals surface area contributed by atoms with Crippen LogP contribution in [-0.2, 0) is 0 Å². The van der Waals surface area contributed by atoms with E-state index in [0.29, 0.717) is 17.0 Å². The van der Waals surface area contributed by atoms with Gasteiger partial charge in [-0.1, -0.05) is 30.3 Å². The van der Waals surface area contributed by atoms with Crippen molar-refractivity contribution < 1.29 is 9.84 Å². The van der Waals surface area contributed by atoms with Crippen LogP contribution in [0.15, 0.2) is 54.6 Å². The Labute approximate surface area is 133 Å². The zero-order chi connectivity index (χ0) is 16.2. The molecule has 0 spiro atoms. The van der Waals surface area contributed by atoms with E-state index in [1.807, 2.05) is 36.4 Å². The molecule has 1 N–H and O–H groups in total. The van der Waals surface area contributed by atoms with Crippen molar-refractivity contribution in [1.29, 1.82) is 5.26 Å². The third kappa shape index (κ3) is 2.99. The summed E-state index contributed by atoms with van der Waals surface area (Å²) in [5, 5.41) is 20.1. The van der Waals surface area contributed by atoms with Crippen molar-refractivity contribution in [3.8, 4) is 17.6 Å². The number of phenolic OH excluding ortho intramolecular Hbond substituents is 1. The number of phenols is 1. The van der Waals surface area contributed by atoms with Gasteiger partial charge in [0, 0.05) is 5.39 Å². The van der Waals surface area contributed by atoms with Gasteiger partial charge in [0.1, 0.15) is 6.07 Å². The molecule has 0 aliphatic heterocycles. The van der Waals surface area contributed by atoms with Crippen LogP contribution in [0.5, 0.6) is 11.5 Å². The lowest BCUT2D eigenvalue weighted by atomic mass is 10.1. The van der Waals surface area contributed by atoms with Crippen molar-refractivity contribution in [3.63, 3.8) is 0 Å². The summed E-state index contributed by atoms with van der Waals surface area (Å²) in [6.07, 6.45) is 1.72. The minimum Gasteiger partial charge on any atom is -0.504 e. The molecule has 0 radical (unpaired) electrons. The number of nitrogens with zero attached hydrogens (tertiary/aromatic N) is 2. The molecule has 0 bridgehead atoms. The number of ether oxygens (including phenoxy) is 1. The van der Waals surface area contributed by atoms with E-state index in [0.717, 1.165) is 16.5 Å². The number of benzene rings is 2. The second-order valence-corrected chi connectivity index (χ2v) is 4.99. The normalized spacial score (nSPS) is 11.2. The molecule has 0 saturated carbocycles. The zero-order valence-electron chi connectivity index (χ0n) is 12.5. The van der Waals surface area contributed by atoms with E-state index in [2.05, 4.69) is 11.1 Å². The number of hydrogen-bond donors (Lipinski definition) is 1. The molecule has 4 nitrogen and oxygen atoms in total. The van der Waals surface area contributed by atoms with E-state index < -0.39 is 0 Å². The summed E-state index contributed by atoms with van der Waals surface area (Å²) >= 11 is 0. The summed E-state index contributed by atoms with van der Waals surface area (Å²) in [6.45, 7) is 0. The van der Waals surface area contributed by atoms with Gasteiger partial charge in [-0.15, -0.1) is 0 Å². The quantitative estimate of drug-likeness (QED) is 0.742. The van der Waals surface area contributed by atoms with E-state index >= 15 is 0 Å². The van der Waals surface area contributed by atoms with Crippen LogP contribution in [0.25, 0.3) is 22.6 Å². The van der Waals surface area contributed by atoms with Crippen LogP contribution in [0, 0.1) is 11.3 Å². The fourth-order valence-electron chi connectivity index (χ4n) is 2.33.